The summed E-state index contributed by atoms with van der Waals surface area (Å²) in [5, 5.41) is 0. The third-order valence-corrected chi connectivity index (χ3v) is 6.26. The number of hydrogen-bond donors (Lipinski definition) is 0. The number of piperidine rings is 2. The van der Waals surface area contributed by atoms with Gasteiger partial charge >= 0.3 is 0 Å². The first-order valence-corrected chi connectivity index (χ1v) is 10.5. The summed E-state index contributed by atoms with van der Waals surface area (Å²) in [6.07, 6.45) is 7.51. The third kappa shape index (κ3) is 4.58. The number of aromatic nitrogens is 2. The number of methoxy groups -OCH3 is 1. The van der Waals surface area contributed by atoms with Crippen molar-refractivity contribution in [3.63, 3.8) is 0 Å². The Balaban J connectivity index is 1.45. The smallest absolute Gasteiger partial charge is 0.222 e. The minimum absolute atomic E-state index is 0.173. The van der Waals surface area contributed by atoms with Gasteiger partial charge in [0.15, 0.2) is 0 Å². The molecule has 1 aromatic carbocycles. The lowest BCUT2D eigenvalue weighted by Crippen LogP contribution is -2.53. The summed E-state index contributed by atoms with van der Waals surface area (Å²) in [5.41, 5.74) is 3.16. The zero-order valence-corrected chi connectivity index (χ0v) is 17.4. The lowest BCUT2D eigenvalue weighted by atomic mass is 9.73. The molecule has 0 saturated carbocycles. The molecule has 0 N–H and O–H groups in total. The Kier molecular flexibility index (Phi) is 5.81. The molecule has 2 saturated heterocycles. The van der Waals surface area contributed by atoms with Gasteiger partial charge in [0.1, 0.15) is 5.75 Å². The lowest BCUT2D eigenvalue weighted by molar-refractivity contribution is -0.140. The third-order valence-electron chi connectivity index (χ3n) is 6.26. The number of aryl methyl sites for hydroxylation is 1. The summed E-state index contributed by atoms with van der Waals surface area (Å²) in [6.45, 7) is 6.30. The van der Waals surface area contributed by atoms with E-state index in [1.807, 2.05) is 24.0 Å². The van der Waals surface area contributed by atoms with Gasteiger partial charge in [-0.3, -0.25) is 19.7 Å². The van der Waals surface area contributed by atoms with Crippen molar-refractivity contribution in [2.24, 2.45) is 5.41 Å². The molecule has 4 rings (SSSR count). The van der Waals surface area contributed by atoms with Gasteiger partial charge in [-0.05, 0) is 38.8 Å². The van der Waals surface area contributed by atoms with Crippen LogP contribution in [0.5, 0.6) is 5.75 Å². The van der Waals surface area contributed by atoms with Gasteiger partial charge in [-0.2, -0.15) is 0 Å². The quantitative estimate of drug-likeness (QED) is 0.779. The molecule has 6 nitrogen and oxygen atoms in total. The average Bonchev–Trinajstić information content (AvgIpc) is 2.73. The maximum absolute atomic E-state index is 12.6. The Morgan fingerprint density at radius 3 is 2.76 bits per heavy atom. The maximum Gasteiger partial charge on any atom is 0.222 e. The molecule has 2 fully saturated rings. The number of amides is 1. The number of benzene rings is 1. The second-order valence-electron chi connectivity index (χ2n) is 8.52. The fraction of sp³-hybridized carbons (Fsp3) is 0.522. The minimum Gasteiger partial charge on any atom is -0.496 e. The first kappa shape index (κ1) is 19.8. The Morgan fingerprint density at radius 1 is 1.10 bits per heavy atom. The van der Waals surface area contributed by atoms with E-state index in [1.54, 1.807) is 19.5 Å². The highest BCUT2D eigenvalue weighted by Crippen LogP contribution is 2.40. The highest BCUT2D eigenvalue weighted by atomic mass is 16.5. The van der Waals surface area contributed by atoms with Crippen LogP contribution in [-0.2, 0) is 17.9 Å². The molecule has 29 heavy (non-hydrogen) atoms. The summed E-state index contributed by atoms with van der Waals surface area (Å²) in [5.74, 6) is 1.19. The van der Waals surface area contributed by atoms with Crippen molar-refractivity contribution in [1.29, 1.82) is 0 Å². The Hall–Kier alpha value is -2.47. The molecule has 0 bridgehead atoms. The molecule has 1 amide bonds. The Labute approximate surface area is 172 Å². The first-order valence-electron chi connectivity index (χ1n) is 10.5. The molecule has 0 radical (unpaired) electrons. The van der Waals surface area contributed by atoms with Crippen LogP contribution in [0.15, 0.2) is 36.7 Å². The van der Waals surface area contributed by atoms with Crippen molar-refractivity contribution in [2.45, 2.75) is 45.7 Å². The predicted molar refractivity (Wildman–Crippen MR) is 111 cm³/mol. The number of likely N-dealkylation sites (tertiary alicyclic amines) is 2. The van der Waals surface area contributed by atoms with Gasteiger partial charge < -0.3 is 9.64 Å². The standard InChI is InChI=1S/C23H30N4O2/c1-18-12-25-20(13-24-18)15-27-17-23(10-8-22(27)28)9-5-11-26(16-23)14-19-6-3-4-7-21(19)29-2/h3-4,6-7,12-13H,5,8-11,14-17H2,1-2H3/t23-/m1/s1. The number of nitrogens with zero attached hydrogens (tertiary/aromatic N) is 4. The van der Waals surface area contributed by atoms with E-state index < -0.39 is 0 Å². The highest BCUT2D eigenvalue weighted by Gasteiger charge is 2.41. The largest absolute Gasteiger partial charge is 0.496 e. The van der Waals surface area contributed by atoms with Crippen molar-refractivity contribution >= 4 is 5.91 Å². The van der Waals surface area contributed by atoms with Gasteiger partial charge in [-0.15, -0.1) is 0 Å². The summed E-state index contributed by atoms with van der Waals surface area (Å²) in [6, 6.07) is 8.26. The van der Waals surface area contributed by atoms with Crippen LogP contribution >= 0.6 is 0 Å². The average molecular weight is 395 g/mol. The number of carbonyl (C=O) groups excluding carboxylic acids is 1. The van der Waals surface area contributed by atoms with E-state index in [1.165, 1.54) is 18.4 Å². The topological polar surface area (TPSA) is 58.6 Å². The molecule has 0 aliphatic carbocycles. The minimum atomic E-state index is 0.173. The number of carbonyl (C=O) groups is 1. The van der Waals surface area contributed by atoms with Crippen molar-refractivity contribution in [1.82, 2.24) is 19.8 Å². The normalized spacial score (nSPS) is 22.8. The highest BCUT2D eigenvalue weighted by molar-refractivity contribution is 5.77. The van der Waals surface area contributed by atoms with Crippen LogP contribution in [-0.4, -0.2) is 52.4 Å². The monoisotopic (exact) mass is 394 g/mol. The maximum atomic E-state index is 12.6. The van der Waals surface area contributed by atoms with E-state index in [9.17, 15) is 4.79 Å². The number of para-hydroxylation sites is 1. The van der Waals surface area contributed by atoms with E-state index in [0.717, 1.165) is 49.7 Å². The van der Waals surface area contributed by atoms with Crippen LogP contribution < -0.4 is 4.74 Å². The number of hydrogen-bond acceptors (Lipinski definition) is 5. The van der Waals surface area contributed by atoms with Crippen LogP contribution in [0, 0.1) is 12.3 Å². The van der Waals surface area contributed by atoms with Crippen molar-refractivity contribution in [3.05, 3.63) is 53.6 Å². The molecule has 6 heteroatoms. The SMILES string of the molecule is COc1ccccc1CN1CCC[C@@]2(CCC(=O)N(Cc3cnc(C)cn3)C2)C1. The van der Waals surface area contributed by atoms with E-state index >= 15 is 0 Å². The van der Waals surface area contributed by atoms with Gasteiger partial charge in [-0.1, -0.05) is 18.2 Å². The second kappa shape index (κ2) is 8.49. The molecule has 1 aromatic heterocycles. The summed E-state index contributed by atoms with van der Waals surface area (Å²) < 4.78 is 5.54. The first-order chi connectivity index (χ1) is 14.1. The van der Waals surface area contributed by atoms with Crippen molar-refractivity contribution in [3.8, 4) is 5.75 Å². The van der Waals surface area contributed by atoms with Crippen LogP contribution in [0.4, 0.5) is 0 Å². The number of ether oxygens (including phenoxy) is 1. The van der Waals surface area contributed by atoms with E-state index in [0.29, 0.717) is 13.0 Å². The van der Waals surface area contributed by atoms with Crippen molar-refractivity contribution in [2.75, 3.05) is 26.7 Å². The fourth-order valence-corrected chi connectivity index (χ4v) is 4.80. The van der Waals surface area contributed by atoms with Gasteiger partial charge in [0.05, 0.1) is 31.2 Å². The van der Waals surface area contributed by atoms with Crippen molar-refractivity contribution < 1.29 is 9.53 Å². The number of rotatable bonds is 5. The van der Waals surface area contributed by atoms with E-state index in [2.05, 4.69) is 27.0 Å². The summed E-state index contributed by atoms with van der Waals surface area (Å²) >= 11 is 0. The van der Waals surface area contributed by atoms with Gasteiger partial charge in [0.2, 0.25) is 5.91 Å². The van der Waals surface area contributed by atoms with E-state index in [-0.39, 0.29) is 11.3 Å². The molecule has 1 atom stereocenters. The van der Waals surface area contributed by atoms with E-state index in [4.69, 9.17) is 4.74 Å². The zero-order valence-electron chi connectivity index (χ0n) is 17.4. The van der Waals surface area contributed by atoms with Gasteiger partial charge in [0, 0.05) is 43.2 Å². The molecular weight excluding hydrogens is 364 g/mol. The predicted octanol–water partition coefficient (Wildman–Crippen LogP) is 3.20. The van der Waals surface area contributed by atoms with Crippen LogP contribution in [0.3, 0.4) is 0 Å². The lowest BCUT2D eigenvalue weighted by Gasteiger charge is -2.48. The zero-order chi connectivity index (χ0) is 20.3. The second-order valence-corrected chi connectivity index (χ2v) is 8.52. The van der Waals surface area contributed by atoms with Crippen LogP contribution in [0.2, 0.25) is 0 Å². The molecule has 2 aliphatic heterocycles. The molecule has 3 heterocycles. The Bertz CT molecular complexity index is 854. The molecule has 154 valence electrons. The fourth-order valence-electron chi connectivity index (χ4n) is 4.80. The van der Waals surface area contributed by atoms with Crippen LogP contribution in [0.25, 0.3) is 0 Å². The summed E-state index contributed by atoms with van der Waals surface area (Å²) in [7, 11) is 1.73. The Morgan fingerprint density at radius 2 is 1.97 bits per heavy atom. The molecule has 0 unspecified atom stereocenters. The van der Waals surface area contributed by atoms with Gasteiger partial charge in [-0.25, -0.2) is 0 Å². The van der Waals surface area contributed by atoms with Gasteiger partial charge in [0.25, 0.3) is 0 Å². The molecule has 2 aliphatic rings. The molecular formula is C23H30N4O2. The summed E-state index contributed by atoms with van der Waals surface area (Å²) in [4.78, 5) is 25.9. The molecule has 1 spiro atoms. The molecule has 2 aromatic rings. The van der Waals surface area contributed by atoms with Crippen LogP contribution in [0.1, 0.15) is 42.6 Å².